The first kappa shape index (κ1) is 10.9. The Balaban J connectivity index is 2.97. The highest BCUT2D eigenvalue weighted by Gasteiger charge is 2.01. The monoisotopic (exact) mass is 162 g/mol. The quantitative estimate of drug-likeness (QED) is 0.563. The third kappa shape index (κ3) is 7.78. The molecule has 3 nitrogen and oxygen atoms in total. The van der Waals surface area contributed by atoms with Crippen molar-refractivity contribution < 1.29 is 14.6 Å². The second-order valence-corrected chi connectivity index (χ2v) is 2.51. The summed E-state index contributed by atoms with van der Waals surface area (Å²) in [6.45, 7) is 3.86. The largest absolute Gasteiger partial charge is 0.391 e. The predicted octanol–water partition coefficient (Wildman–Crippen LogP) is 0.810. The summed E-state index contributed by atoms with van der Waals surface area (Å²) in [6, 6.07) is 0. The van der Waals surface area contributed by atoms with Crippen molar-refractivity contribution >= 4 is 0 Å². The smallest absolute Gasteiger partial charge is 0.0795 e. The Bertz CT molecular complexity index is 75.7. The molecular formula is C8H18O3. The van der Waals surface area contributed by atoms with Gasteiger partial charge in [0.2, 0.25) is 0 Å². The molecule has 0 fully saturated rings. The third-order valence-corrected chi connectivity index (χ3v) is 1.30. The molecule has 0 saturated heterocycles. The van der Waals surface area contributed by atoms with Gasteiger partial charge in [0.15, 0.2) is 0 Å². The summed E-state index contributed by atoms with van der Waals surface area (Å²) >= 11 is 0. The minimum absolute atomic E-state index is 0.378. The van der Waals surface area contributed by atoms with Crippen molar-refractivity contribution in [1.29, 1.82) is 0 Å². The molecule has 68 valence electrons. The van der Waals surface area contributed by atoms with Crippen molar-refractivity contribution in [2.24, 2.45) is 0 Å². The summed E-state index contributed by atoms with van der Waals surface area (Å²) < 4.78 is 9.94. The van der Waals surface area contributed by atoms with Crippen LogP contribution in [0.25, 0.3) is 0 Å². The highest BCUT2D eigenvalue weighted by Crippen LogP contribution is 1.93. The first-order valence-corrected chi connectivity index (χ1v) is 4.06. The molecule has 0 spiro atoms. The van der Waals surface area contributed by atoms with Gasteiger partial charge >= 0.3 is 0 Å². The summed E-state index contributed by atoms with van der Waals surface area (Å²) in [6.07, 6.45) is 1.31. The maximum absolute atomic E-state index is 9.14. The van der Waals surface area contributed by atoms with Crippen LogP contribution in [0, 0.1) is 0 Å². The molecule has 0 aromatic rings. The molecule has 0 aliphatic carbocycles. The summed E-state index contributed by atoms with van der Waals surface area (Å²) in [7, 11) is 1.58. The van der Waals surface area contributed by atoms with E-state index in [-0.39, 0.29) is 6.10 Å². The van der Waals surface area contributed by atoms with Crippen LogP contribution in [0.5, 0.6) is 0 Å². The van der Waals surface area contributed by atoms with Crippen molar-refractivity contribution in [3.63, 3.8) is 0 Å². The topological polar surface area (TPSA) is 38.7 Å². The Hall–Kier alpha value is -0.120. The average molecular weight is 162 g/mol. The van der Waals surface area contributed by atoms with Gasteiger partial charge in [0.1, 0.15) is 0 Å². The van der Waals surface area contributed by atoms with Crippen molar-refractivity contribution in [2.75, 3.05) is 26.9 Å². The third-order valence-electron chi connectivity index (χ3n) is 1.30. The molecule has 0 radical (unpaired) electrons. The van der Waals surface area contributed by atoms with Gasteiger partial charge in [-0.05, 0) is 12.8 Å². The molecular weight excluding hydrogens is 144 g/mol. The molecule has 1 unspecified atom stereocenters. The van der Waals surface area contributed by atoms with Gasteiger partial charge in [-0.2, -0.15) is 0 Å². The molecule has 3 heteroatoms. The van der Waals surface area contributed by atoms with Crippen molar-refractivity contribution in [2.45, 2.75) is 25.9 Å². The molecule has 0 aromatic heterocycles. The van der Waals surface area contributed by atoms with Gasteiger partial charge in [0.25, 0.3) is 0 Å². The second-order valence-electron chi connectivity index (χ2n) is 2.51. The normalized spacial score (nSPS) is 13.4. The zero-order chi connectivity index (χ0) is 8.53. The van der Waals surface area contributed by atoms with Gasteiger partial charge in [0.05, 0.1) is 12.7 Å². The Labute approximate surface area is 68.3 Å². The van der Waals surface area contributed by atoms with E-state index in [1.807, 2.05) is 0 Å². The fraction of sp³-hybridized carbons (Fsp3) is 1.00. The molecule has 0 heterocycles. The molecule has 0 bridgehead atoms. The van der Waals surface area contributed by atoms with Crippen molar-refractivity contribution in [3.8, 4) is 0 Å². The lowest BCUT2D eigenvalue weighted by Crippen LogP contribution is -2.16. The minimum atomic E-state index is -0.378. The van der Waals surface area contributed by atoms with E-state index in [0.29, 0.717) is 19.6 Å². The van der Waals surface area contributed by atoms with Gasteiger partial charge in [-0.3, -0.25) is 0 Å². The lowest BCUT2D eigenvalue weighted by atomic mass is 10.3. The van der Waals surface area contributed by atoms with Gasteiger partial charge in [-0.15, -0.1) is 0 Å². The molecule has 0 saturated carbocycles. The van der Waals surface area contributed by atoms with E-state index in [1.54, 1.807) is 7.11 Å². The number of rotatable bonds is 7. The van der Waals surface area contributed by atoms with Crippen LogP contribution < -0.4 is 0 Å². The Morgan fingerprint density at radius 1 is 1.36 bits per heavy atom. The first-order chi connectivity index (χ1) is 5.31. The molecule has 1 N–H and O–H groups in total. The molecule has 1 atom stereocenters. The molecule has 0 rings (SSSR count). The van der Waals surface area contributed by atoms with Gasteiger partial charge in [-0.1, -0.05) is 6.92 Å². The van der Waals surface area contributed by atoms with E-state index in [2.05, 4.69) is 6.92 Å². The zero-order valence-electron chi connectivity index (χ0n) is 7.38. The van der Waals surface area contributed by atoms with Gasteiger partial charge in [0, 0.05) is 20.3 Å². The van der Waals surface area contributed by atoms with Crippen LogP contribution in [0.1, 0.15) is 19.8 Å². The maximum Gasteiger partial charge on any atom is 0.0795 e. The highest BCUT2D eigenvalue weighted by atomic mass is 16.5. The summed E-state index contributed by atoms with van der Waals surface area (Å²) in [4.78, 5) is 0. The summed E-state index contributed by atoms with van der Waals surface area (Å²) in [5, 5.41) is 9.14. The van der Waals surface area contributed by atoms with Crippen LogP contribution in [0.4, 0.5) is 0 Å². The van der Waals surface area contributed by atoms with Crippen LogP contribution >= 0.6 is 0 Å². The lowest BCUT2D eigenvalue weighted by Gasteiger charge is -2.08. The van der Waals surface area contributed by atoms with Crippen LogP contribution in [0.15, 0.2) is 0 Å². The lowest BCUT2D eigenvalue weighted by molar-refractivity contribution is 0.0318. The summed E-state index contributed by atoms with van der Waals surface area (Å²) in [5.74, 6) is 0. The fourth-order valence-electron chi connectivity index (χ4n) is 0.741. The predicted molar refractivity (Wildman–Crippen MR) is 43.6 cm³/mol. The van der Waals surface area contributed by atoms with E-state index >= 15 is 0 Å². The van der Waals surface area contributed by atoms with Crippen LogP contribution in [-0.4, -0.2) is 38.1 Å². The molecule has 0 amide bonds. The second kappa shape index (κ2) is 7.98. The van der Waals surface area contributed by atoms with Crippen LogP contribution in [0.3, 0.4) is 0 Å². The SMILES string of the molecule is CCCOCCC(O)COC. The molecule has 0 aliphatic rings. The number of aliphatic hydroxyl groups is 1. The van der Waals surface area contributed by atoms with E-state index < -0.39 is 0 Å². The number of ether oxygens (including phenoxy) is 2. The standard InChI is InChI=1S/C8H18O3/c1-3-5-11-6-4-8(9)7-10-2/h8-9H,3-7H2,1-2H3. The van der Waals surface area contributed by atoms with Crippen LogP contribution in [-0.2, 0) is 9.47 Å². The Morgan fingerprint density at radius 3 is 2.64 bits per heavy atom. The van der Waals surface area contributed by atoms with E-state index in [4.69, 9.17) is 14.6 Å². The van der Waals surface area contributed by atoms with E-state index in [1.165, 1.54) is 0 Å². The number of aliphatic hydroxyl groups excluding tert-OH is 1. The average Bonchev–Trinajstić information content (AvgIpc) is 1.99. The maximum atomic E-state index is 9.14. The first-order valence-electron chi connectivity index (χ1n) is 4.06. The van der Waals surface area contributed by atoms with E-state index in [0.717, 1.165) is 13.0 Å². The fourth-order valence-corrected chi connectivity index (χ4v) is 0.741. The van der Waals surface area contributed by atoms with Gasteiger partial charge in [-0.25, -0.2) is 0 Å². The Morgan fingerprint density at radius 2 is 2.09 bits per heavy atom. The van der Waals surface area contributed by atoms with Gasteiger partial charge < -0.3 is 14.6 Å². The number of hydrogen-bond donors (Lipinski definition) is 1. The molecule has 0 aliphatic heterocycles. The van der Waals surface area contributed by atoms with Crippen LogP contribution in [0.2, 0.25) is 0 Å². The zero-order valence-corrected chi connectivity index (χ0v) is 7.38. The highest BCUT2D eigenvalue weighted by molar-refractivity contribution is 4.51. The van der Waals surface area contributed by atoms with Crippen molar-refractivity contribution in [3.05, 3.63) is 0 Å². The Kier molecular flexibility index (Phi) is 7.89. The minimum Gasteiger partial charge on any atom is -0.391 e. The number of methoxy groups -OCH3 is 1. The van der Waals surface area contributed by atoms with Crippen molar-refractivity contribution in [1.82, 2.24) is 0 Å². The summed E-state index contributed by atoms with van der Waals surface area (Å²) in [5.41, 5.74) is 0. The molecule has 11 heavy (non-hydrogen) atoms. The van der Waals surface area contributed by atoms with E-state index in [9.17, 15) is 0 Å². The molecule has 0 aromatic carbocycles. The number of hydrogen-bond acceptors (Lipinski definition) is 3.